The largest absolute Gasteiger partial charge is 0.440 e. The van der Waals surface area contributed by atoms with Crippen molar-refractivity contribution in [1.29, 1.82) is 0 Å². The van der Waals surface area contributed by atoms with E-state index in [2.05, 4.69) is 9.84 Å². The Morgan fingerprint density at radius 3 is 2.38 bits per heavy atom. The number of aryl methyl sites for hydroxylation is 1. The molecule has 0 fully saturated rings. The maximum atomic E-state index is 12.6. The van der Waals surface area contributed by atoms with Crippen molar-refractivity contribution in [2.45, 2.75) is 19.5 Å². The predicted octanol–water partition coefficient (Wildman–Crippen LogP) is 2.39. The van der Waals surface area contributed by atoms with E-state index in [1.165, 1.54) is 0 Å². The van der Waals surface area contributed by atoms with Crippen molar-refractivity contribution in [3.8, 4) is 5.88 Å². The van der Waals surface area contributed by atoms with Crippen molar-refractivity contribution < 1.29 is 26.7 Å². The van der Waals surface area contributed by atoms with Crippen LogP contribution in [0, 0.1) is 6.92 Å². The number of hydrogen-bond acceptors (Lipinski definition) is 2. The molecule has 0 aromatic carbocycles. The van der Waals surface area contributed by atoms with Crippen LogP contribution in [-0.4, -0.2) is 22.8 Å². The van der Waals surface area contributed by atoms with E-state index in [-0.39, 0.29) is 5.56 Å². The fourth-order valence-corrected chi connectivity index (χ4v) is 1.20. The van der Waals surface area contributed by atoms with Crippen molar-refractivity contribution >= 4 is 0 Å². The van der Waals surface area contributed by atoms with E-state index in [0.717, 1.165) is 18.7 Å². The van der Waals surface area contributed by atoms with E-state index in [0.29, 0.717) is 0 Å². The number of rotatable bonds is 3. The molecule has 1 rings (SSSR count). The van der Waals surface area contributed by atoms with Gasteiger partial charge in [0.25, 0.3) is 6.36 Å². The van der Waals surface area contributed by atoms with Crippen LogP contribution in [0.2, 0.25) is 0 Å². The summed E-state index contributed by atoms with van der Waals surface area (Å²) < 4.78 is 66.6. The summed E-state index contributed by atoms with van der Waals surface area (Å²) in [6.45, 7) is -0.359. The number of alkyl halides is 5. The molecular formula is C8H9F5N2O. The Labute approximate surface area is 87.8 Å². The standard InChI is InChI=1S/C8H9F5N2O/c1-4-6(8(11,12)13)14-15(2)7(4)16-5(10)3-9/h5H,3H2,1-2H3. The molecule has 0 bridgehead atoms. The lowest BCUT2D eigenvalue weighted by Gasteiger charge is -2.08. The van der Waals surface area contributed by atoms with Crippen molar-refractivity contribution in [2.24, 2.45) is 7.05 Å². The smallest absolute Gasteiger partial charge is 0.435 e. The highest BCUT2D eigenvalue weighted by molar-refractivity contribution is 5.31. The van der Waals surface area contributed by atoms with Crippen LogP contribution < -0.4 is 4.74 Å². The minimum atomic E-state index is -4.65. The number of ether oxygens (including phenoxy) is 1. The summed E-state index contributed by atoms with van der Waals surface area (Å²) in [4.78, 5) is 0. The molecule has 0 spiro atoms. The molecule has 1 aromatic heterocycles. The second-order valence-corrected chi connectivity index (χ2v) is 3.08. The Hall–Kier alpha value is -1.34. The fraction of sp³-hybridized carbons (Fsp3) is 0.625. The van der Waals surface area contributed by atoms with Gasteiger partial charge in [0.05, 0.1) is 0 Å². The first-order valence-electron chi connectivity index (χ1n) is 4.24. The average Bonchev–Trinajstić information content (AvgIpc) is 2.44. The molecule has 8 heteroatoms. The lowest BCUT2D eigenvalue weighted by atomic mass is 10.2. The fourth-order valence-electron chi connectivity index (χ4n) is 1.20. The third kappa shape index (κ3) is 2.42. The van der Waals surface area contributed by atoms with Crippen LogP contribution in [0.5, 0.6) is 5.88 Å². The monoisotopic (exact) mass is 244 g/mol. The first-order valence-corrected chi connectivity index (χ1v) is 4.24. The zero-order chi connectivity index (χ0) is 12.5. The highest BCUT2D eigenvalue weighted by atomic mass is 19.4. The van der Waals surface area contributed by atoms with Crippen LogP contribution in [-0.2, 0) is 13.2 Å². The second-order valence-electron chi connectivity index (χ2n) is 3.08. The molecule has 0 amide bonds. The Morgan fingerprint density at radius 1 is 1.44 bits per heavy atom. The molecule has 1 aromatic rings. The van der Waals surface area contributed by atoms with Crippen LogP contribution >= 0.6 is 0 Å². The lowest BCUT2D eigenvalue weighted by Crippen LogP contribution is -2.14. The normalized spacial score (nSPS) is 13.9. The summed E-state index contributed by atoms with van der Waals surface area (Å²) in [5, 5.41) is 3.15. The van der Waals surface area contributed by atoms with Gasteiger partial charge in [-0.1, -0.05) is 0 Å². The van der Waals surface area contributed by atoms with E-state index in [4.69, 9.17) is 0 Å². The average molecular weight is 244 g/mol. The first kappa shape index (κ1) is 12.7. The summed E-state index contributed by atoms with van der Waals surface area (Å²) in [7, 11) is 1.16. The Balaban J connectivity index is 3.08. The summed E-state index contributed by atoms with van der Waals surface area (Å²) >= 11 is 0. The Morgan fingerprint density at radius 2 is 2.00 bits per heavy atom. The molecule has 0 aliphatic carbocycles. The maximum absolute atomic E-state index is 12.6. The Bertz CT molecular complexity index is 373. The van der Waals surface area contributed by atoms with Gasteiger partial charge in [0, 0.05) is 12.6 Å². The minimum Gasteiger partial charge on any atom is -0.440 e. The molecule has 3 nitrogen and oxygen atoms in total. The Kier molecular flexibility index (Phi) is 3.39. The molecule has 0 N–H and O–H groups in total. The van der Waals surface area contributed by atoms with E-state index in [1.807, 2.05) is 0 Å². The van der Waals surface area contributed by atoms with Gasteiger partial charge in [0.2, 0.25) is 5.88 Å². The van der Waals surface area contributed by atoms with Gasteiger partial charge in [-0.05, 0) is 6.92 Å². The van der Waals surface area contributed by atoms with Gasteiger partial charge in [-0.25, -0.2) is 9.07 Å². The molecule has 0 radical (unpaired) electrons. The van der Waals surface area contributed by atoms with Crippen LogP contribution in [0.4, 0.5) is 22.0 Å². The molecule has 1 unspecified atom stereocenters. The predicted molar refractivity (Wildman–Crippen MR) is 44.4 cm³/mol. The maximum Gasteiger partial charge on any atom is 0.435 e. The van der Waals surface area contributed by atoms with Gasteiger partial charge in [-0.2, -0.15) is 22.7 Å². The number of nitrogens with zero attached hydrogens (tertiary/aromatic N) is 2. The molecule has 92 valence electrons. The molecular weight excluding hydrogens is 235 g/mol. The quantitative estimate of drug-likeness (QED) is 0.763. The molecule has 0 aliphatic rings. The zero-order valence-electron chi connectivity index (χ0n) is 8.48. The molecule has 0 saturated carbocycles. The summed E-state index contributed by atoms with van der Waals surface area (Å²) in [5.74, 6) is -0.433. The van der Waals surface area contributed by atoms with Crippen LogP contribution in [0.25, 0.3) is 0 Å². The number of halogens is 5. The van der Waals surface area contributed by atoms with Gasteiger partial charge < -0.3 is 4.74 Å². The topological polar surface area (TPSA) is 27.1 Å². The SMILES string of the molecule is Cc1c(C(F)(F)F)nn(C)c1OC(F)CF. The van der Waals surface area contributed by atoms with Gasteiger partial charge in [-0.3, -0.25) is 0 Å². The van der Waals surface area contributed by atoms with Crippen molar-refractivity contribution in [3.63, 3.8) is 0 Å². The van der Waals surface area contributed by atoms with E-state index in [1.54, 1.807) is 0 Å². The lowest BCUT2D eigenvalue weighted by molar-refractivity contribution is -0.141. The van der Waals surface area contributed by atoms with Crippen LogP contribution in [0.3, 0.4) is 0 Å². The minimum absolute atomic E-state index is 0.369. The highest BCUT2D eigenvalue weighted by Gasteiger charge is 2.38. The first-order chi connectivity index (χ1) is 7.27. The third-order valence-corrected chi connectivity index (χ3v) is 1.85. The van der Waals surface area contributed by atoms with Gasteiger partial charge in [0.1, 0.15) is 0 Å². The van der Waals surface area contributed by atoms with Gasteiger partial charge in [-0.15, -0.1) is 0 Å². The van der Waals surface area contributed by atoms with Crippen LogP contribution in [0.1, 0.15) is 11.3 Å². The molecule has 1 atom stereocenters. The number of aromatic nitrogens is 2. The van der Waals surface area contributed by atoms with Crippen molar-refractivity contribution in [3.05, 3.63) is 11.3 Å². The van der Waals surface area contributed by atoms with E-state index >= 15 is 0 Å². The summed E-state index contributed by atoms with van der Waals surface area (Å²) in [6, 6.07) is 0. The molecule has 16 heavy (non-hydrogen) atoms. The zero-order valence-corrected chi connectivity index (χ0v) is 8.48. The summed E-state index contributed by atoms with van der Waals surface area (Å²) in [5.41, 5.74) is -1.54. The molecule has 0 aliphatic heterocycles. The van der Waals surface area contributed by atoms with Crippen LogP contribution in [0.15, 0.2) is 0 Å². The summed E-state index contributed by atoms with van der Waals surface area (Å²) in [6.07, 6.45) is -6.94. The number of hydrogen-bond donors (Lipinski definition) is 0. The van der Waals surface area contributed by atoms with E-state index < -0.39 is 30.8 Å². The van der Waals surface area contributed by atoms with E-state index in [9.17, 15) is 22.0 Å². The van der Waals surface area contributed by atoms with Gasteiger partial charge in [0.15, 0.2) is 12.4 Å². The highest BCUT2D eigenvalue weighted by Crippen LogP contribution is 2.34. The molecule has 1 heterocycles. The molecule has 0 saturated heterocycles. The second kappa shape index (κ2) is 4.26. The third-order valence-electron chi connectivity index (χ3n) is 1.85. The van der Waals surface area contributed by atoms with Crippen molar-refractivity contribution in [2.75, 3.05) is 6.67 Å². The van der Waals surface area contributed by atoms with Gasteiger partial charge >= 0.3 is 6.18 Å². The van der Waals surface area contributed by atoms with Crippen molar-refractivity contribution in [1.82, 2.24) is 9.78 Å².